The minimum absolute atomic E-state index is 0.744. The molecule has 0 spiro atoms. The highest BCUT2D eigenvalue weighted by molar-refractivity contribution is 7.78. The van der Waals surface area contributed by atoms with Crippen molar-refractivity contribution in [1.82, 2.24) is 0 Å². The third-order valence-electron chi connectivity index (χ3n) is 2.27. The summed E-state index contributed by atoms with van der Waals surface area (Å²) < 4.78 is 0. The van der Waals surface area contributed by atoms with Gasteiger partial charge in [0.2, 0.25) is 0 Å². The van der Waals surface area contributed by atoms with E-state index in [4.69, 9.17) is 0 Å². The Morgan fingerprint density at radius 2 is 2.15 bits per heavy atom. The zero-order chi connectivity index (χ0) is 9.68. The number of hydrogen-bond acceptors (Lipinski definition) is 2. The lowest BCUT2D eigenvalue weighted by molar-refractivity contribution is 0.961. The van der Waals surface area contributed by atoms with Crippen molar-refractivity contribution in [2.45, 2.75) is 20.3 Å². The Labute approximate surface area is 84.5 Å². The molecule has 68 valence electrons. The fraction of sp³-hybridized carbons (Fsp3) is 0.364. The minimum Gasteiger partial charge on any atom is -0.232 e. The highest BCUT2D eigenvalue weighted by atomic mass is 32.1. The third-order valence-corrected chi connectivity index (χ3v) is 2.40. The van der Waals surface area contributed by atoms with Crippen molar-refractivity contribution in [3.63, 3.8) is 0 Å². The molecule has 0 saturated carbocycles. The van der Waals surface area contributed by atoms with Crippen molar-refractivity contribution in [3.05, 3.63) is 34.9 Å². The van der Waals surface area contributed by atoms with Crippen LogP contribution in [-0.2, 0) is 6.42 Å². The van der Waals surface area contributed by atoms with Crippen molar-refractivity contribution in [1.29, 1.82) is 0 Å². The lowest BCUT2D eigenvalue weighted by Crippen LogP contribution is -1.94. The first-order valence-corrected chi connectivity index (χ1v) is 4.75. The molecule has 1 nitrogen and oxygen atoms in total. The van der Waals surface area contributed by atoms with Crippen LogP contribution in [0.15, 0.2) is 23.2 Å². The maximum absolute atomic E-state index is 4.51. The van der Waals surface area contributed by atoms with Crippen LogP contribution in [0.25, 0.3) is 0 Å². The molecule has 0 aromatic heterocycles. The maximum atomic E-state index is 4.51. The van der Waals surface area contributed by atoms with Gasteiger partial charge in [0.05, 0.1) is 11.7 Å². The van der Waals surface area contributed by atoms with Gasteiger partial charge in [-0.05, 0) is 49.2 Å². The number of isothiocyanates is 1. The smallest absolute Gasteiger partial charge is 0.0585 e. The standard InChI is InChI=1S/C11H13NS/c1-9-4-3-5-11(10(9)2)6-7-12-8-13/h3-5H,6-7H2,1-2H3. The van der Waals surface area contributed by atoms with Gasteiger partial charge in [0.25, 0.3) is 0 Å². The largest absolute Gasteiger partial charge is 0.232 e. The Morgan fingerprint density at radius 3 is 2.85 bits per heavy atom. The number of nitrogens with zero attached hydrogens (tertiary/aromatic N) is 1. The van der Waals surface area contributed by atoms with Gasteiger partial charge in [0, 0.05) is 0 Å². The first-order valence-electron chi connectivity index (χ1n) is 4.34. The number of aliphatic imine (C=N–C) groups is 1. The van der Waals surface area contributed by atoms with Crippen molar-refractivity contribution >= 4 is 17.4 Å². The molecule has 0 amide bonds. The fourth-order valence-electron chi connectivity index (χ4n) is 1.30. The van der Waals surface area contributed by atoms with E-state index in [1.165, 1.54) is 16.7 Å². The van der Waals surface area contributed by atoms with E-state index < -0.39 is 0 Å². The summed E-state index contributed by atoms with van der Waals surface area (Å²) in [5, 5.41) is 2.38. The molecule has 0 bridgehead atoms. The fourth-order valence-corrected chi connectivity index (χ4v) is 1.40. The summed E-state index contributed by atoms with van der Waals surface area (Å²) in [6.45, 7) is 5.01. The summed E-state index contributed by atoms with van der Waals surface area (Å²) in [6.07, 6.45) is 0.956. The maximum Gasteiger partial charge on any atom is 0.0585 e. The lowest BCUT2D eigenvalue weighted by Gasteiger charge is -2.05. The molecule has 0 heterocycles. The molecule has 13 heavy (non-hydrogen) atoms. The van der Waals surface area contributed by atoms with Gasteiger partial charge in [-0.1, -0.05) is 18.2 Å². The predicted molar refractivity (Wildman–Crippen MR) is 59.5 cm³/mol. The SMILES string of the molecule is Cc1cccc(CCN=C=S)c1C. The summed E-state index contributed by atoms with van der Waals surface area (Å²) in [7, 11) is 0. The average molecular weight is 191 g/mol. The summed E-state index contributed by atoms with van der Waals surface area (Å²) in [5.74, 6) is 0. The summed E-state index contributed by atoms with van der Waals surface area (Å²) in [4.78, 5) is 3.90. The van der Waals surface area contributed by atoms with Crippen molar-refractivity contribution < 1.29 is 0 Å². The highest BCUT2D eigenvalue weighted by Gasteiger charge is 1.98. The first-order chi connectivity index (χ1) is 6.25. The van der Waals surface area contributed by atoms with E-state index in [1.54, 1.807) is 0 Å². The summed E-state index contributed by atoms with van der Waals surface area (Å²) >= 11 is 4.51. The number of benzene rings is 1. The van der Waals surface area contributed by atoms with E-state index in [0.717, 1.165) is 13.0 Å². The van der Waals surface area contributed by atoms with Gasteiger partial charge in [0.15, 0.2) is 0 Å². The minimum atomic E-state index is 0.744. The molecular formula is C11H13NS. The molecule has 0 fully saturated rings. The van der Waals surface area contributed by atoms with Crippen LogP contribution in [0.3, 0.4) is 0 Å². The molecule has 1 aromatic carbocycles. The molecule has 0 unspecified atom stereocenters. The Morgan fingerprint density at radius 1 is 1.38 bits per heavy atom. The number of hydrogen-bond donors (Lipinski definition) is 0. The molecule has 0 aliphatic carbocycles. The van der Waals surface area contributed by atoms with Gasteiger partial charge in [-0.2, -0.15) is 0 Å². The second-order valence-corrected chi connectivity index (χ2v) is 3.26. The van der Waals surface area contributed by atoms with Crippen LogP contribution >= 0.6 is 12.2 Å². The monoisotopic (exact) mass is 191 g/mol. The summed E-state index contributed by atoms with van der Waals surface area (Å²) in [6, 6.07) is 6.35. The molecule has 0 N–H and O–H groups in total. The Kier molecular flexibility index (Phi) is 3.81. The number of rotatable bonds is 3. The zero-order valence-electron chi connectivity index (χ0n) is 8.00. The normalized spacial score (nSPS) is 9.38. The first kappa shape index (κ1) is 10.1. The van der Waals surface area contributed by atoms with E-state index in [2.05, 4.69) is 54.4 Å². The van der Waals surface area contributed by atoms with E-state index in [0.29, 0.717) is 0 Å². The molecule has 1 aromatic rings. The van der Waals surface area contributed by atoms with Gasteiger partial charge in [-0.25, -0.2) is 4.99 Å². The summed E-state index contributed by atoms with van der Waals surface area (Å²) in [5.41, 5.74) is 4.06. The molecule has 0 radical (unpaired) electrons. The molecule has 1 rings (SSSR count). The number of thiocarbonyl (C=S) groups is 1. The quantitative estimate of drug-likeness (QED) is 0.528. The van der Waals surface area contributed by atoms with Crippen LogP contribution in [0.5, 0.6) is 0 Å². The van der Waals surface area contributed by atoms with Crippen LogP contribution in [0.1, 0.15) is 16.7 Å². The van der Waals surface area contributed by atoms with Crippen molar-refractivity contribution in [3.8, 4) is 0 Å². The Hall–Kier alpha value is -0.980. The van der Waals surface area contributed by atoms with Crippen LogP contribution in [0.2, 0.25) is 0 Å². The molecule has 0 aliphatic rings. The van der Waals surface area contributed by atoms with Gasteiger partial charge < -0.3 is 0 Å². The predicted octanol–water partition coefficient (Wildman–Crippen LogP) is 2.95. The van der Waals surface area contributed by atoms with Crippen molar-refractivity contribution in [2.75, 3.05) is 6.54 Å². The molecule has 0 saturated heterocycles. The van der Waals surface area contributed by atoms with E-state index in [1.807, 2.05) is 0 Å². The second-order valence-electron chi connectivity index (χ2n) is 3.08. The van der Waals surface area contributed by atoms with Gasteiger partial charge >= 0.3 is 0 Å². The topological polar surface area (TPSA) is 12.4 Å². The van der Waals surface area contributed by atoms with E-state index >= 15 is 0 Å². The zero-order valence-corrected chi connectivity index (χ0v) is 8.82. The number of aryl methyl sites for hydroxylation is 1. The van der Waals surface area contributed by atoms with Crippen LogP contribution in [0.4, 0.5) is 0 Å². The highest BCUT2D eigenvalue weighted by Crippen LogP contribution is 2.12. The third kappa shape index (κ3) is 2.76. The van der Waals surface area contributed by atoms with Crippen LogP contribution in [-0.4, -0.2) is 11.7 Å². The van der Waals surface area contributed by atoms with Gasteiger partial charge in [-0.15, -0.1) is 0 Å². The molecule has 0 aliphatic heterocycles. The molecule has 0 atom stereocenters. The van der Waals surface area contributed by atoms with Crippen molar-refractivity contribution in [2.24, 2.45) is 4.99 Å². The Bertz CT molecular complexity index is 338. The van der Waals surface area contributed by atoms with Gasteiger partial charge in [0.1, 0.15) is 0 Å². The van der Waals surface area contributed by atoms with Crippen LogP contribution in [0, 0.1) is 13.8 Å². The van der Waals surface area contributed by atoms with Gasteiger partial charge in [-0.3, -0.25) is 0 Å². The molecule has 2 heteroatoms. The molecular weight excluding hydrogens is 178 g/mol. The second kappa shape index (κ2) is 4.90. The van der Waals surface area contributed by atoms with Crippen LogP contribution < -0.4 is 0 Å². The lowest BCUT2D eigenvalue weighted by atomic mass is 10.0. The van der Waals surface area contributed by atoms with E-state index in [9.17, 15) is 0 Å². The average Bonchev–Trinajstić information content (AvgIpc) is 2.13. The van der Waals surface area contributed by atoms with E-state index in [-0.39, 0.29) is 0 Å². The Balaban J connectivity index is 2.76.